The van der Waals surface area contributed by atoms with Gasteiger partial charge in [-0.15, -0.1) is 6.58 Å². The Morgan fingerprint density at radius 1 is 1.16 bits per heavy atom. The van der Waals surface area contributed by atoms with Crippen LogP contribution in [-0.4, -0.2) is 39.4 Å². The fraction of sp³-hybridized carbons (Fsp3) is 0.208. The lowest BCUT2D eigenvalue weighted by Gasteiger charge is -2.22. The molecule has 0 spiro atoms. The van der Waals surface area contributed by atoms with Crippen LogP contribution in [0.4, 0.5) is 10.3 Å². The lowest BCUT2D eigenvalue weighted by atomic mass is 10.2. The van der Waals surface area contributed by atoms with E-state index in [-0.39, 0.29) is 42.6 Å². The summed E-state index contributed by atoms with van der Waals surface area (Å²) in [5, 5.41) is 2.79. The Labute approximate surface area is 181 Å². The van der Waals surface area contributed by atoms with E-state index in [0.717, 1.165) is 5.56 Å². The zero-order chi connectivity index (χ0) is 22.4. The van der Waals surface area contributed by atoms with Crippen LogP contribution >= 0.6 is 0 Å². The smallest absolute Gasteiger partial charge is 0.246 e. The van der Waals surface area contributed by atoms with Crippen molar-refractivity contribution in [1.82, 2.24) is 14.5 Å². The van der Waals surface area contributed by atoms with Gasteiger partial charge in [0.05, 0.1) is 5.69 Å². The van der Waals surface area contributed by atoms with E-state index in [1.165, 1.54) is 17.0 Å². The SMILES string of the molecule is C=CCN(CC(=O)Nc1nc(-c2ccccc2)cn1-c1ccc(F)cc1)C(=O)C(C)C. The molecule has 0 saturated carbocycles. The van der Waals surface area contributed by atoms with Gasteiger partial charge in [-0.05, 0) is 24.3 Å². The molecule has 1 heterocycles. The number of halogens is 1. The van der Waals surface area contributed by atoms with E-state index in [0.29, 0.717) is 11.4 Å². The van der Waals surface area contributed by atoms with E-state index >= 15 is 0 Å². The minimum absolute atomic E-state index is 0.125. The maximum absolute atomic E-state index is 13.4. The van der Waals surface area contributed by atoms with E-state index in [2.05, 4.69) is 16.9 Å². The average Bonchev–Trinajstić information content (AvgIpc) is 3.17. The Hall–Kier alpha value is -3.74. The second-order valence-electron chi connectivity index (χ2n) is 7.37. The van der Waals surface area contributed by atoms with Gasteiger partial charge < -0.3 is 4.90 Å². The molecule has 0 bridgehead atoms. The lowest BCUT2D eigenvalue weighted by molar-refractivity contribution is -0.136. The number of nitrogens with one attached hydrogen (secondary N) is 1. The molecule has 0 aliphatic heterocycles. The topological polar surface area (TPSA) is 67.2 Å². The predicted molar refractivity (Wildman–Crippen MR) is 119 cm³/mol. The molecular formula is C24H25FN4O2. The molecule has 0 aliphatic rings. The molecule has 3 aromatic rings. The first-order valence-electron chi connectivity index (χ1n) is 9.99. The van der Waals surface area contributed by atoms with Crippen molar-refractivity contribution in [1.29, 1.82) is 0 Å². The molecule has 31 heavy (non-hydrogen) atoms. The molecule has 2 amide bonds. The molecule has 0 atom stereocenters. The molecule has 160 valence electrons. The molecule has 7 heteroatoms. The zero-order valence-corrected chi connectivity index (χ0v) is 17.6. The van der Waals surface area contributed by atoms with Gasteiger partial charge in [0.1, 0.15) is 12.4 Å². The largest absolute Gasteiger partial charge is 0.329 e. The van der Waals surface area contributed by atoms with E-state index in [9.17, 15) is 14.0 Å². The van der Waals surface area contributed by atoms with Gasteiger partial charge in [0.2, 0.25) is 17.8 Å². The number of amides is 2. The van der Waals surface area contributed by atoms with Gasteiger partial charge in [-0.3, -0.25) is 19.5 Å². The minimum Gasteiger partial charge on any atom is -0.329 e. The molecule has 0 saturated heterocycles. The fourth-order valence-electron chi connectivity index (χ4n) is 3.11. The third-order valence-corrected chi connectivity index (χ3v) is 4.62. The molecule has 3 rings (SSSR count). The van der Waals surface area contributed by atoms with E-state index in [4.69, 9.17) is 0 Å². The number of nitrogens with zero attached hydrogens (tertiary/aromatic N) is 3. The molecule has 2 aromatic carbocycles. The Morgan fingerprint density at radius 2 is 1.84 bits per heavy atom. The predicted octanol–water partition coefficient (Wildman–Crippen LogP) is 4.29. The first kappa shape index (κ1) is 22.0. The molecule has 6 nitrogen and oxygen atoms in total. The van der Waals surface area contributed by atoms with Crippen molar-refractivity contribution in [2.75, 3.05) is 18.4 Å². The summed E-state index contributed by atoms with van der Waals surface area (Å²) in [4.78, 5) is 31.1. The van der Waals surface area contributed by atoms with Gasteiger partial charge in [-0.1, -0.05) is 50.3 Å². The number of benzene rings is 2. The number of hydrogen-bond acceptors (Lipinski definition) is 3. The van der Waals surface area contributed by atoms with Gasteiger partial charge in [0, 0.05) is 29.9 Å². The number of carbonyl (C=O) groups is 2. The highest BCUT2D eigenvalue weighted by Gasteiger charge is 2.20. The molecular weight excluding hydrogens is 395 g/mol. The number of imidazole rings is 1. The number of hydrogen-bond donors (Lipinski definition) is 1. The van der Waals surface area contributed by atoms with Crippen LogP contribution in [0.1, 0.15) is 13.8 Å². The van der Waals surface area contributed by atoms with E-state index in [1.807, 2.05) is 30.3 Å². The summed E-state index contributed by atoms with van der Waals surface area (Å²) in [6, 6.07) is 15.4. The van der Waals surface area contributed by atoms with E-state index in [1.54, 1.807) is 42.8 Å². The lowest BCUT2D eigenvalue weighted by Crippen LogP contribution is -2.40. The molecule has 0 unspecified atom stereocenters. The highest BCUT2D eigenvalue weighted by Crippen LogP contribution is 2.24. The van der Waals surface area contributed by atoms with Crippen molar-refractivity contribution in [2.45, 2.75) is 13.8 Å². The zero-order valence-electron chi connectivity index (χ0n) is 17.6. The van der Waals surface area contributed by atoms with Crippen LogP contribution < -0.4 is 5.32 Å². The standard InChI is InChI=1S/C24H25FN4O2/c1-4-14-28(23(31)17(2)3)16-22(30)27-24-26-21(18-8-6-5-7-9-18)15-29(24)20-12-10-19(25)11-13-20/h4-13,15,17H,1,14,16H2,2-3H3,(H,26,27,30). The van der Waals surface area contributed by atoms with Crippen molar-refractivity contribution >= 4 is 17.8 Å². The monoisotopic (exact) mass is 420 g/mol. The van der Waals surface area contributed by atoms with Crippen molar-refractivity contribution in [3.05, 3.63) is 79.3 Å². The summed E-state index contributed by atoms with van der Waals surface area (Å²) in [5.74, 6) is -0.832. The number of rotatable bonds is 8. The van der Waals surface area contributed by atoms with Crippen molar-refractivity contribution < 1.29 is 14.0 Å². The van der Waals surface area contributed by atoms with Crippen molar-refractivity contribution in [3.8, 4) is 16.9 Å². The van der Waals surface area contributed by atoms with E-state index < -0.39 is 0 Å². The molecule has 0 aliphatic carbocycles. The number of aromatic nitrogens is 2. The van der Waals surface area contributed by atoms with Crippen LogP contribution in [0, 0.1) is 11.7 Å². The third-order valence-electron chi connectivity index (χ3n) is 4.62. The van der Waals surface area contributed by atoms with Crippen LogP contribution in [0.15, 0.2) is 73.4 Å². The van der Waals surface area contributed by atoms with Crippen molar-refractivity contribution in [2.24, 2.45) is 5.92 Å². The Kier molecular flexibility index (Phi) is 6.97. The summed E-state index contributed by atoms with van der Waals surface area (Å²) in [6.07, 6.45) is 3.36. The van der Waals surface area contributed by atoms with Gasteiger partial charge in [-0.25, -0.2) is 9.37 Å². The first-order chi connectivity index (χ1) is 14.9. The Balaban J connectivity index is 1.90. The second-order valence-corrected chi connectivity index (χ2v) is 7.37. The fourth-order valence-corrected chi connectivity index (χ4v) is 3.11. The van der Waals surface area contributed by atoms with Crippen LogP contribution in [0.5, 0.6) is 0 Å². The molecule has 0 fully saturated rings. The minimum atomic E-state index is -0.385. The Bertz CT molecular complexity index is 1060. The van der Waals surface area contributed by atoms with Gasteiger partial charge in [0.15, 0.2) is 0 Å². The maximum Gasteiger partial charge on any atom is 0.246 e. The summed E-state index contributed by atoms with van der Waals surface area (Å²) in [6.45, 7) is 7.37. The van der Waals surface area contributed by atoms with Gasteiger partial charge >= 0.3 is 0 Å². The quantitative estimate of drug-likeness (QED) is 0.553. The third kappa shape index (κ3) is 5.45. The highest BCUT2D eigenvalue weighted by atomic mass is 19.1. The normalized spacial score (nSPS) is 10.7. The van der Waals surface area contributed by atoms with Crippen LogP contribution in [0.2, 0.25) is 0 Å². The summed E-state index contributed by atoms with van der Waals surface area (Å²) < 4.78 is 15.1. The molecule has 1 aromatic heterocycles. The van der Waals surface area contributed by atoms with Crippen LogP contribution in [0.25, 0.3) is 16.9 Å². The number of carbonyl (C=O) groups excluding carboxylic acids is 2. The highest BCUT2D eigenvalue weighted by molar-refractivity contribution is 5.94. The number of anilines is 1. The summed E-state index contributed by atoms with van der Waals surface area (Å²) in [5.41, 5.74) is 2.18. The Morgan fingerprint density at radius 3 is 2.45 bits per heavy atom. The second kappa shape index (κ2) is 9.84. The molecule has 0 radical (unpaired) electrons. The average molecular weight is 420 g/mol. The van der Waals surface area contributed by atoms with Crippen LogP contribution in [0.3, 0.4) is 0 Å². The maximum atomic E-state index is 13.4. The summed E-state index contributed by atoms with van der Waals surface area (Å²) in [7, 11) is 0. The summed E-state index contributed by atoms with van der Waals surface area (Å²) >= 11 is 0. The van der Waals surface area contributed by atoms with Crippen LogP contribution in [-0.2, 0) is 9.59 Å². The van der Waals surface area contributed by atoms with Gasteiger partial charge in [0.25, 0.3) is 0 Å². The van der Waals surface area contributed by atoms with Crippen molar-refractivity contribution in [3.63, 3.8) is 0 Å². The first-order valence-corrected chi connectivity index (χ1v) is 9.99. The molecule has 1 N–H and O–H groups in total. The van der Waals surface area contributed by atoms with Gasteiger partial charge in [-0.2, -0.15) is 0 Å².